The predicted octanol–water partition coefficient (Wildman–Crippen LogP) is -3.94. The van der Waals surface area contributed by atoms with Crippen molar-refractivity contribution < 1.29 is 92.0 Å². The lowest BCUT2D eigenvalue weighted by atomic mass is 10.00. The number of primary amides is 2. The van der Waals surface area contributed by atoms with Crippen LogP contribution in [0.25, 0.3) is 21.8 Å². The summed E-state index contributed by atoms with van der Waals surface area (Å²) in [6, 6.07) is -1.31. The summed E-state index contributed by atoms with van der Waals surface area (Å²) in [7, 11) is 3.92. The van der Waals surface area contributed by atoms with E-state index in [4.69, 9.17) is 34.1 Å². The van der Waals surface area contributed by atoms with Crippen LogP contribution >= 0.6 is 11.8 Å². The van der Waals surface area contributed by atoms with Gasteiger partial charge in [-0.3, -0.25) is 87.4 Å². The summed E-state index contributed by atoms with van der Waals surface area (Å²) in [5.41, 5.74) is 31.5. The van der Waals surface area contributed by atoms with Gasteiger partial charge in [0.15, 0.2) is 11.9 Å². The molecule has 3 aromatic heterocycles. The number of nitrogens with two attached hydrogens (primary N) is 5. The third-order valence-electron chi connectivity index (χ3n) is 24.7. The number of likely N-dealkylation sites (N-methyl/N-ethyl adjacent to an activating group) is 3. The van der Waals surface area contributed by atoms with E-state index in [1.54, 1.807) is 86.9 Å². The number of hydrogen-bond acceptors (Lipinski definition) is 24. The Bertz CT molecular complexity index is 5340. The molecule has 3 saturated heterocycles. The summed E-state index contributed by atoms with van der Waals surface area (Å²) in [6.07, 6.45) is 2.19. The van der Waals surface area contributed by atoms with Gasteiger partial charge in [-0.15, -0.1) is 11.8 Å². The maximum absolute atomic E-state index is 15.8. The van der Waals surface area contributed by atoms with Gasteiger partial charge in [0.1, 0.15) is 78.7 Å². The summed E-state index contributed by atoms with van der Waals surface area (Å²) in [6.45, 7) is 6.12. The number of carbonyl (C=O) groups is 16. The highest BCUT2D eigenvalue weighted by Gasteiger charge is 2.47. The molecular formula is C92H133N27O19S. The van der Waals surface area contributed by atoms with Gasteiger partial charge in [0.2, 0.25) is 94.5 Å². The van der Waals surface area contributed by atoms with E-state index in [1.165, 1.54) is 57.6 Å². The zero-order valence-electron chi connectivity index (χ0n) is 79.3. The molecule has 0 saturated carbocycles. The Morgan fingerprint density at radius 1 is 0.576 bits per heavy atom. The maximum Gasteiger partial charge on any atom is 0.246 e. The second-order valence-electron chi connectivity index (χ2n) is 35.7. The Labute approximate surface area is 807 Å². The molecule has 3 aliphatic rings. The number of nitrogens with one attached hydrogen (secondary N) is 15. The Hall–Kier alpha value is -13.8. The zero-order valence-corrected chi connectivity index (χ0v) is 80.1. The van der Waals surface area contributed by atoms with Crippen LogP contribution in [-0.2, 0) is 102 Å². The molecule has 0 aliphatic carbocycles. The number of fused-ring (bicyclic) bond motifs is 4. The standard InChI is InChI=1S/C92H133N27O19S/c1-9-11-24-70-83(131)107-61(23-17-31-100-91(95)96)79(127)114-69(78(126)103-43-75(94)123)46-139-47-76(124)106-65(34-51-27-29-54(30-28-51)105-92(97)98)86(134)115(6)50(5)77(125)110-67(39-74(93)122)88(136)118-32-18-26-71(118)84(132)109-63(37-55-42-99-48-104-55)81(129)111-64(33-49(3)4)89(137)119-44-56(121)38-73(119)85(133)108-62(35-52-40-101-59-21-15-13-19-57(52)59)80(128)113-68(45-120)82(130)112-66(36-53-41-102-60-22-16-14-20-58(53)60)87(135)117(8)72(25-12-10-2)90(138)116(70)7/h13-16,19-22,27-30,40-42,48-50,56,61-73,84,101-102,109,120-121,132H,9-12,17-18,23-26,31-39,43-47H2,1-8H3,(H2,93,122)(H2,94,123)(H,99,104)(H,103,126)(H,106,124)(H,107,131)(H,108,133)(H,110,125)(H,111,129)(H,112,130)(H,113,128)(H,114,127)(H4,95,96,100)(H4,97,98,105)/t50-,56+,61-,62-,63-,64-,65-,66-,67?,68-,69-,70-,71-,72-,73?,84?/m0/s1. The number of H-pyrrole nitrogens is 3. The van der Waals surface area contributed by atoms with Gasteiger partial charge >= 0.3 is 0 Å². The summed E-state index contributed by atoms with van der Waals surface area (Å²) >= 11 is 0.766. The molecule has 28 N–H and O–H groups in total. The van der Waals surface area contributed by atoms with Crippen LogP contribution in [0.2, 0.25) is 0 Å². The number of rotatable bonds is 27. The number of unbranched alkanes of at least 4 members (excludes halogenated alkanes) is 2. The molecule has 139 heavy (non-hydrogen) atoms. The average molecular weight is 1950 g/mol. The number of aliphatic hydroxyl groups is 3. The van der Waals surface area contributed by atoms with E-state index in [2.05, 4.69) is 83.4 Å². The Balaban J connectivity index is 1.11. The second-order valence-corrected chi connectivity index (χ2v) is 36.7. The minimum Gasteiger partial charge on any atom is -0.394 e. The number of para-hydroxylation sites is 2. The number of carbonyl (C=O) groups excluding carboxylic acids is 16. The maximum atomic E-state index is 15.8. The molecule has 9 rings (SSSR count). The van der Waals surface area contributed by atoms with E-state index < -0.39 is 235 Å². The molecule has 3 aromatic carbocycles. The first-order valence-corrected chi connectivity index (χ1v) is 47.7. The molecule has 47 heteroatoms. The highest BCUT2D eigenvalue weighted by atomic mass is 32.2. The molecule has 3 aliphatic heterocycles. The van der Waals surface area contributed by atoms with Crippen molar-refractivity contribution in [1.29, 1.82) is 5.41 Å². The molecule has 6 heterocycles. The van der Waals surface area contributed by atoms with Crippen LogP contribution in [0.1, 0.15) is 140 Å². The van der Waals surface area contributed by atoms with Gasteiger partial charge in [0, 0.05) is 125 Å². The van der Waals surface area contributed by atoms with Crippen molar-refractivity contribution in [2.75, 3.05) is 65.4 Å². The van der Waals surface area contributed by atoms with E-state index in [0.717, 1.165) is 31.4 Å². The molecular weight excluding hydrogens is 1820 g/mol. The SMILES string of the molecule is CCCC[C@H]1C(=O)N(C)[C@@H](CCCC)C(=O)N[C@@H](CCCNC(=N)N)C(=O)N[C@H](C(=O)NCC(N)=O)CSCC(=O)N[C@@H](Cc2ccc(N=C(N)N)cc2)C(=O)N(C)[C@@H](C)C(=O)NC(CC(N)=O)C(=O)N2CCC[C@H]2C(O)N[C@@H](Cc2cnc[nH]2)C(=O)N[C@@H](CC(C)C)C(=O)N2C[C@H](O)CC2C(=O)N[C@@H](Cc2c[nH]c3ccccc23)C(=O)N[C@@H](CO)C(=O)N[C@@H](Cc2c[nH]c3ccccc23)C(=O)N1C. The number of hydrogen-bond donors (Lipinski definition) is 23. The molecule has 6 aromatic rings. The van der Waals surface area contributed by atoms with Crippen LogP contribution in [-0.4, -0.2) is 329 Å². The smallest absolute Gasteiger partial charge is 0.246 e. The minimum absolute atomic E-state index is 0.0132. The van der Waals surface area contributed by atoms with Gasteiger partial charge in [-0.25, -0.2) is 9.98 Å². The Kier molecular flexibility index (Phi) is 40.8. The van der Waals surface area contributed by atoms with E-state index in [0.29, 0.717) is 75.6 Å². The lowest BCUT2D eigenvalue weighted by Gasteiger charge is -2.36. The van der Waals surface area contributed by atoms with Gasteiger partial charge < -0.3 is 137 Å². The van der Waals surface area contributed by atoms with Gasteiger partial charge in [-0.05, 0) is 98.7 Å². The summed E-state index contributed by atoms with van der Waals surface area (Å²) in [5.74, 6) is -17.1. The van der Waals surface area contributed by atoms with Crippen molar-refractivity contribution in [3.63, 3.8) is 0 Å². The van der Waals surface area contributed by atoms with Gasteiger partial charge in [-0.1, -0.05) is 102 Å². The van der Waals surface area contributed by atoms with Crippen LogP contribution in [0.4, 0.5) is 5.69 Å². The summed E-state index contributed by atoms with van der Waals surface area (Å²) < 4.78 is 0. The number of aliphatic imine (C=N–C) groups is 1. The second kappa shape index (κ2) is 52.1. The van der Waals surface area contributed by atoms with E-state index in [9.17, 15) is 39.3 Å². The number of benzene rings is 3. The lowest BCUT2D eigenvalue weighted by molar-refractivity contribution is -0.149. The summed E-state index contributed by atoms with van der Waals surface area (Å²) in [5, 5.41) is 73.7. The van der Waals surface area contributed by atoms with E-state index in [1.807, 2.05) is 13.8 Å². The van der Waals surface area contributed by atoms with Crippen LogP contribution in [0.15, 0.2) is 103 Å². The predicted molar refractivity (Wildman–Crippen MR) is 515 cm³/mol. The van der Waals surface area contributed by atoms with Crippen LogP contribution < -0.4 is 87.2 Å². The molecule has 3 unspecified atom stereocenters. The number of nitrogens with zero attached hydrogens (tertiary/aromatic N) is 7. The third kappa shape index (κ3) is 30.8. The van der Waals surface area contributed by atoms with E-state index in [-0.39, 0.29) is 102 Å². The van der Waals surface area contributed by atoms with Crippen molar-refractivity contribution >= 4 is 146 Å². The normalized spacial score (nSPS) is 24.9. The molecule has 0 radical (unpaired) electrons. The monoisotopic (exact) mass is 1950 g/mol. The Morgan fingerprint density at radius 3 is 1.74 bits per heavy atom. The van der Waals surface area contributed by atoms with Crippen molar-refractivity contribution in [2.45, 2.75) is 241 Å². The van der Waals surface area contributed by atoms with Crippen LogP contribution in [0.5, 0.6) is 0 Å². The lowest BCUT2D eigenvalue weighted by Crippen LogP contribution is -2.62. The molecule has 46 nitrogen and oxygen atoms in total. The molecule has 16 amide bonds. The molecule has 756 valence electrons. The highest BCUT2D eigenvalue weighted by molar-refractivity contribution is 8.00. The van der Waals surface area contributed by atoms with Crippen molar-refractivity contribution in [2.24, 2.45) is 39.6 Å². The fourth-order valence-corrected chi connectivity index (χ4v) is 18.0. The molecule has 3 fully saturated rings. The number of aliphatic hydroxyl groups excluding tert-OH is 3. The van der Waals surface area contributed by atoms with Crippen molar-refractivity contribution in [3.8, 4) is 0 Å². The summed E-state index contributed by atoms with van der Waals surface area (Å²) in [4.78, 5) is 260. The highest BCUT2D eigenvalue weighted by Crippen LogP contribution is 2.29. The topological polar surface area (TPSA) is 709 Å². The third-order valence-corrected chi connectivity index (χ3v) is 25.8. The number of amides is 16. The van der Waals surface area contributed by atoms with Gasteiger partial charge in [0.25, 0.3) is 0 Å². The molecule has 0 spiro atoms. The number of thioether (sulfide) groups is 1. The number of aromatic nitrogens is 4. The minimum atomic E-state index is -1.89. The molecule has 0 bridgehead atoms. The van der Waals surface area contributed by atoms with E-state index >= 15 is 52.7 Å². The quantitative estimate of drug-likeness (QED) is 0.0133. The largest absolute Gasteiger partial charge is 0.394 e. The molecule has 16 atom stereocenters. The fourth-order valence-electron chi connectivity index (χ4n) is 17.2. The van der Waals surface area contributed by atoms with Crippen LogP contribution in [0, 0.1) is 11.3 Å². The number of imidazole rings is 1. The van der Waals surface area contributed by atoms with Crippen molar-refractivity contribution in [3.05, 3.63) is 120 Å². The van der Waals surface area contributed by atoms with Gasteiger partial charge in [-0.2, -0.15) is 0 Å². The first-order chi connectivity index (χ1) is 66.2. The fraction of sp³-hybridized carbons (Fsp3) is 0.533. The Morgan fingerprint density at radius 2 is 1.14 bits per heavy atom. The first kappa shape index (κ1) is 109. The van der Waals surface area contributed by atoms with Crippen molar-refractivity contribution in [1.82, 2.24) is 103 Å². The average Bonchev–Trinajstić information content (AvgIpc) is 1.71. The van der Waals surface area contributed by atoms with Gasteiger partial charge in [0.05, 0.1) is 55.5 Å². The number of guanidine groups is 2. The van der Waals surface area contributed by atoms with Crippen LogP contribution in [0.3, 0.4) is 0 Å². The zero-order chi connectivity index (χ0) is 102. The number of aromatic amines is 3. The first-order valence-electron chi connectivity index (χ1n) is 46.5.